The Bertz CT molecular complexity index is 843. The predicted octanol–water partition coefficient (Wildman–Crippen LogP) is 3.16. The third-order valence-electron chi connectivity index (χ3n) is 5.57. The fourth-order valence-corrected chi connectivity index (χ4v) is 3.94. The first-order valence-electron chi connectivity index (χ1n) is 11.5. The van der Waals surface area contributed by atoms with Gasteiger partial charge in [-0.2, -0.15) is 0 Å². The Morgan fingerprint density at radius 1 is 1.24 bits per heavy atom. The van der Waals surface area contributed by atoms with Crippen LogP contribution in [0.5, 0.6) is 0 Å². The highest BCUT2D eigenvalue weighted by molar-refractivity contribution is 5.92. The largest absolute Gasteiger partial charge is 0.444 e. The van der Waals surface area contributed by atoms with E-state index in [2.05, 4.69) is 17.2 Å². The number of aliphatic hydroxyl groups excluding tert-OH is 1. The second-order valence-electron chi connectivity index (χ2n) is 9.45. The fraction of sp³-hybridized carbons (Fsp3) is 0.560. The van der Waals surface area contributed by atoms with E-state index in [0.29, 0.717) is 5.56 Å². The highest BCUT2D eigenvalue weighted by atomic mass is 16.6. The van der Waals surface area contributed by atoms with E-state index < -0.39 is 36.3 Å². The van der Waals surface area contributed by atoms with Crippen LogP contribution in [0.2, 0.25) is 0 Å². The molecule has 8 heteroatoms. The van der Waals surface area contributed by atoms with Crippen molar-refractivity contribution >= 4 is 24.0 Å². The second kappa shape index (κ2) is 11.8. The summed E-state index contributed by atoms with van der Waals surface area (Å²) in [6.07, 6.45) is 5.93. The summed E-state index contributed by atoms with van der Waals surface area (Å²) in [7, 11) is 1.49. The summed E-state index contributed by atoms with van der Waals surface area (Å²) in [6, 6.07) is 5.11. The van der Waals surface area contributed by atoms with Gasteiger partial charge < -0.3 is 25.4 Å². The van der Waals surface area contributed by atoms with Crippen molar-refractivity contribution in [2.45, 2.75) is 76.6 Å². The molecule has 0 bridgehead atoms. The molecule has 2 rings (SSSR count). The Hall–Kier alpha value is -2.87. The molecular weight excluding hydrogens is 422 g/mol. The zero-order valence-corrected chi connectivity index (χ0v) is 20.1. The highest BCUT2D eigenvalue weighted by Gasteiger charge is 2.34. The van der Waals surface area contributed by atoms with Gasteiger partial charge in [-0.1, -0.05) is 50.1 Å². The lowest BCUT2D eigenvalue weighted by molar-refractivity contribution is -0.141. The topological polar surface area (TPSA) is 108 Å². The molecule has 1 aliphatic rings. The lowest BCUT2D eigenvalue weighted by atomic mass is 9.94. The maximum Gasteiger partial charge on any atom is 0.408 e. The molecule has 1 aromatic rings. The van der Waals surface area contributed by atoms with Crippen molar-refractivity contribution in [1.82, 2.24) is 15.5 Å². The molecule has 0 spiro atoms. The number of aliphatic hydroxyl groups is 1. The minimum atomic E-state index is -1.25. The predicted molar refractivity (Wildman–Crippen MR) is 127 cm³/mol. The first kappa shape index (κ1) is 26.4. The number of rotatable bonds is 8. The van der Waals surface area contributed by atoms with Crippen molar-refractivity contribution < 1.29 is 24.2 Å². The van der Waals surface area contributed by atoms with Gasteiger partial charge in [0.25, 0.3) is 0 Å². The Morgan fingerprint density at radius 2 is 1.91 bits per heavy atom. The third-order valence-corrected chi connectivity index (χ3v) is 5.57. The average Bonchev–Trinajstić information content (AvgIpc) is 2.76. The Labute approximate surface area is 196 Å². The van der Waals surface area contributed by atoms with Gasteiger partial charge in [0.1, 0.15) is 17.7 Å². The third kappa shape index (κ3) is 7.89. The van der Waals surface area contributed by atoms with Crippen molar-refractivity contribution in [2.24, 2.45) is 0 Å². The zero-order valence-electron chi connectivity index (χ0n) is 20.1. The first-order chi connectivity index (χ1) is 15.6. The normalized spacial score (nSPS) is 16.3. The molecule has 2 unspecified atom stereocenters. The van der Waals surface area contributed by atoms with Crippen LogP contribution < -0.4 is 10.6 Å². The number of carbonyl (C=O) groups excluding carboxylic acids is 3. The van der Waals surface area contributed by atoms with Crippen LogP contribution in [0.15, 0.2) is 30.8 Å². The van der Waals surface area contributed by atoms with E-state index in [0.717, 1.165) is 37.7 Å². The zero-order chi connectivity index (χ0) is 24.6. The average molecular weight is 460 g/mol. The number of nitrogens with zero attached hydrogens (tertiary/aromatic N) is 1. The summed E-state index contributed by atoms with van der Waals surface area (Å²) in [5.41, 5.74) is 0.673. The van der Waals surface area contributed by atoms with Gasteiger partial charge in [-0.25, -0.2) is 4.79 Å². The molecule has 182 valence electrons. The van der Waals surface area contributed by atoms with Crippen molar-refractivity contribution in [1.29, 1.82) is 0 Å². The minimum Gasteiger partial charge on any atom is -0.444 e. The smallest absolute Gasteiger partial charge is 0.408 e. The molecule has 0 radical (unpaired) electrons. The molecule has 1 aromatic carbocycles. The van der Waals surface area contributed by atoms with Crippen molar-refractivity contribution in [3.63, 3.8) is 0 Å². The molecule has 0 heterocycles. The SMILES string of the molecule is C=Cc1cccc(C(C(=O)NC2CCCCC2)N(C)C(=O)C(CO)NC(=O)OC(C)(C)C)c1. The summed E-state index contributed by atoms with van der Waals surface area (Å²) in [4.78, 5) is 40.0. The van der Waals surface area contributed by atoms with E-state index in [1.54, 1.807) is 45.0 Å². The number of ether oxygens (including phenoxy) is 1. The van der Waals surface area contributed by atoms with Crippen LogP contribution in [-0.4, -0.2) is 59.3 Å². The van der Waals surface area contributed by atoms with Crippen molar-refractivity contribution in [2.75, 3.05) is 13.7 Å². The van der Waals surface area contributed by atoms with Gasteiger partial charge in [-0.15, -0.1) is 0 Å². The number of carbonyl (C=O) groups is 3. The van der Waals surface area contributed by atoms with Gasteiger partial charge in [-0.3, -0.25) is 9.59 Å². The lowest BCUT2D eigenvalue weighted by Gasteiger charge is -2.33. The van der Waals surface area contributed by atoms with Crippen LogP contribution in [-0.2, 0) is 14.3 Å². The minimum absolute atomic E-state index is 0.0633. The van der Waals surface area contributed by atoms with Gasteiger partial charge >= 0.3 is 6.09 Å². The Morgan fingerprint density at radius 3 is 2.48 bits per heavy atom. The molecule has 0 saturated heterocycles. The molecule has 0 aromatic heterocycles. The van der Waals surface area contributed by atoms with Crippen LogP contribution in [0.4, 0.5) is 4.79 Å². The maximum atomic E-state index is 13.4. The lowest BCUT2D eigenvalue weighted by Crippen LogP contribution is -2.53. The van der Waals surface area contributed by atoms with Crippen molar-refractivity contribution in [3.8, 4) is 0 Å². The van der Waals surface area contributed by atoms with E-state index in [1.807, 2.05) is 6.07 Å². The number of benzene rings is 1. The van der Waals surface area contributed by atoms with Crippen LogP contribution in [0.25, 0.3) is 6.08 Å². The number of amides is 3. The number of hydrogen-bond donors (Lipinski definition) is 3. The van der Waals surface area contributed by atoms with Crippen LogP contribution in [0.1, 0.15) is 70.0 Å². The van der Waals surface area contributed by atoms with Gasteiger partial charge in [0.05, 0.1) is 6.61 Å². The van der Waals surface area contributed by atoms with Gasteiger partial charge in [-0.05, 0) is 50.8 Å². The van der Waals surface area contributed by atoms with E-state index in [4.69, 9.17) is 4.74 Å². The first-order valence-corrected chi connectivity index (χ1v) is 11.5. The Kier molecular flexibility index (Phi) is 9.46. The molecule has 33 heavy (non-hydrogen) atoms. The summed E-state index contributed by atoms with van der Waals surface area (Å²) < 4.78 is 5.20. The summed E-state index contributed by atoms with van der Waals surface area (Å²) in [5.74, 6) is -0.899. The fourth-order valence-electron chi connectivity index (χ4n) is 3.94. The van der Waals surface area contributed by atoms with E-state index >= 15 is 0 Å². The number of hydrogen-bond acceptors (Lipinski definition) is 5. The quantitative estimate of drug-likeness (QED) is 0.553. The molecule has 1 aliphatic carbocycles. The van der Waals surface area contributed by atoms with Crippen LogP contribution in [0, 0.1) is 0 Å². The van der Waals surface area contributed by atoms with Crippen LogP contribution >= 0.6 is 0 Å². The molecular formula is C25H37N3O5. The molecule has 0 aliphatic heterocycles. The number of likely N-dealkylation sites (N-methyl/N-ethyl adjacent to an activating group) is 1. The molecule has 1 saturated carbocycles. The molecule has 3 N–H and O–H groups in total. The molecule has 1 fully saturated rings. The van der Waals surface area contributed by atoms with Gasteiger partial charge in [0.2, 0.25) is 11.8 Å². The standard InChI is InChI=1S/C25H37N3O5/c1-6-17-11-10-12-18(15-17)21(22(30)26-19-13-8-7-9-14-19)28(5)23(31)20(16-29)27-24(32)33-25(2,3)4/h6,10-12,15,19-21,29H,1,7-9,13-14,16H2,2-5H3,(H,26,30)(H,27,32). The second-order valence-corrected chi connectivity index (χ2v) is 9.45. The number of alkyl carbamates (subject to hydrolysis) is 1. The maximum absolute atomic E-state index is 13.4. The monoisotopic (exact) mass is 459 g/mol. The van der Waals surface area contributed by atoms with Crippen LogP contribution in [0.3, 0.4) is 0 Å². The molecule has 3 amide bonds. The van der Waals surface area contributed by atoms with Gasteiger partial charge in [0, 0.05) is 13.1 Å². The summed E-state index contributed by atoms with van der Waals surface area (Å²) >= 11 is 0. The molecule has 8 nitrogen and oxygen atoms in total. The van der Waals surface area contributed by atoms with E-state index in [-0.39, 0.29) is 11.9 Å². The number of nitrogens with one attached hydrogen (secondary N) is 2. The summed E-state index contributed by atoms with van der Waals surface area (Å²) in [6.45, 7) is 8.25. The van der Waals surface area contributed by atoms with Gasteiger partial charge in [0.15, 0.2) is 0 Å². The van der Waals surface area contributed by atoms with E-state index in [1.165, 1.54) is 11.9 Å². The Balaban J connectivity index is 2.27. The summed E-state index contributed by atoms with van der Waals surface area (Å²) in [5, 5.41) is 15.3. The highest BCUT2D eigenvalue weighted by Crippen LogP contribution is 2.24. The molecule has 2 atom stereocenters. The van der Waals surface area contributed by atoms with Crippen molar-refractivity contribution in [3.05, 3.63) is 42.0 Å². The van der Waals surface area contributed by atoms with E-state index in [9.17, 15) is 19.5 Å².